The standard InChI is InChI=1S/C25H40N4O3S/c1-4-28(5-2)16-15-26-14-7-6-8-17-33-23-11-9-10-21-22(23)18-29(25(21)32)20(3)12-13-24(31)27-19-30/h9-11,19-20,26H,4-8,12-18H2,1-3H3,(H,27,30,31). The van der Waals surface area contributed by atoms with Gasteiger partial charge in [0.05, 0.1) is 0 Å². The number of carbonyl (C=O) groups is 3. The van der Waals surface area contributed by atoms with Crippen LogP contribution in [0.15, 0.2) is 23.1 Å². The fraction of sp³-hybridized carbons (Fsp3) is 0.640. The Labute approximate surface area is 203 Å². The van der Waals surface area contributed by atoms with Crippen molar-refractivity contribution in [1.82, 2.24) is 20.4 Å². The smallest absolute Gasteiger partial charge is 0.254 e. The summed E-state index contributed by atoms with van der Waals surface area (Å²) >= 11 is 1.84. The molecule has 8 heteroatoms. The van der Waals surface area contributed by atoms with Gasteiger partial charge in [-0.1, -0.05) is 26.3 Å². The molecule has 0 aromatic heterocycles. The van der Waals surface area contributed by atoms with Crippen molar-refractivity contribution in [3.05, 3.63) is 29.3 Å². The topological polar surface area (TPSA) is 81.8 Å². The summed E-state index contributed by atoms with van der Waals surface area (Å²) in [5.74, 6) is 0.772. The summed E-state index contributed by atoms with van der Waals surface area (Å²) < 4.78 is 0. The lowest BCUT2D eigenvalue weighted by atomic mass is 10.1. The van der Waals surface area contributed by atoms with E-state index in [-0.39, 0.29) is 24.3 Å². The number of hydrogen-bond donors (Lipinski definition) is 2. The number of rotatable bonds is 17. The van der Waals surface area contributed by atoms with Gasteiger partial charge < -0.3 is 15.1 Å². The quantitative estimate of drug-likeness (QED) is 0.204. The maximum Gasteiger partial charge on any atom is 0.254 e. The molecule has 1 atom stereocenters. The molecule has 0 spiro atoms. The summed E-state index contributed by atoms with van der Waals surface area (Å²) in [6.45, 7) is 12.4. The van der Waals surface area contributed by atoms with Crippen LogP contribution in [-0.2, 0) is 16.1 Å². The molecule has 3 amide bonds. The Morgan fingerprint density at radius 3 is 2.73 bits per heavy atom. The van der Waals surface area contributed by atoms with Crippen LogP contribution >= 0.6 is 11.8 Å². The highest BCUT2D eigenvalue weighted by Crippen LogP contribution is 2.34. The molecule has 1 heterocycles. The number of benzene rings is 1. The largest absolute Gasteiger partial charge is 0.332 e. The van der Waals surface area contributed by atoms with Crippen LogP contribution in [0.2, 0.25) is 0 Å². The lowest BCUT2D eigenvalue weighted by Gasteiger charge is -2.24. The average molecular weight is 477 g/mol. The zero-order chi connectivity index (χ0) is 24.1. The van der Waals surface area contributed by atoms with Crippen LogP contribution in [0.5, 0.6) is 0 Å². The maximum absolute atomic E-state index is 12.9. The molecule has 1 aliphatic rings. The van der Waals surface area contributed by atoms with Gasteiger partial charge >= 0.3 is 0 Å². The second kappa shape index (κ2) is 15.1. The van der Waals surface area contributed by atoms with E-state index in [0.717, 1.165) is 56.0 Å². The molecule has 1 aromatic rings. The third kappa shape index (κ3) is 8.76. The highest BCUT2D eigenvalue weighted by molar-refractivity contribution is 7.99. The number of carbonyl (C=O) groups excluding carboxylic acids is 3. The first-order valence-corrected chi connectivity index (χ1v) is 13.2. The zero-order valence-corrected chi connectivity index (χ0v) is 21.2. The van der Waals surface area contributed by atoms with E-state index in [1.807, 2.05) is 35.7 Å². The first-order valence-electron chi connectivity index (χ1n) is 12.2. The van der Waals surface area contributed by atoms with Crippen molar-refractivity contribution in [2.45, 2.75) is 70.4 Å². The molecule has 2 rings (SSSR count). The van der Waals surface area contributed by atoms with E-state index in [0.29, 0.717) is 19.4 Å². The van der Waals surface area contributed by atoms with Crippen molar-refractivity contribution >= 4 is 30.0 Å². The predicted octanol–water partition coefficient (Wildman–Crippen LogP) is 3.28. The Kier molecular flexibility index (Phi) is 12.5. The van der Waals surface area contributed by atoms with Gasteiger partial charge in [-0.05, 0) is 69.3 Å². The Morgan fingerprint density at radius 1 is 1.21 bits per heavy atom. The van der Waals surface area contributed by atoms with Crippen molar-refractivity contribution in [3.8, 4) is 0 Å². The number of fused-ring (bicyclic) bond motifs is 1. The molecule has 33 heavy (non-hydrogen) atoms. The van der Waals surface area contributed by atoms with Crippen LogP contribution in [0.3, 0.4) is 0 Å². The van der Waals surface area contributed by atoms with E-state index in [1.165, 1.54) is 17.7 Å². The number of nitrogens with one attached hydrogen (secondary N) is 2. The maximum atomic E-state index is 12.9. The van der Waals surface area contributed by atoms with E-state index in [1.54, 1.807) is 0 Å². The van der Waals surface area contributed by atoms with Gasteiger partial charge in [0.2, 0.25) is 12.3 Å². The fourth-order valence-electron chi connectivity index (χ4n) is 4.06. The third-order valence-electron chi connectivity index (χ3n) is 6.25. The number of hydrogen-bond acceptors (Lipinski definition) is 6. The molecule has 1 aliphatic heterocycles. The molecule has 0 fully saturated rings. The Bertz CT molecular complexity index is 770. The third-order valence-corrected chi connectivity index (χ3v) is 7.43. The van der Waals surface area contributed by atoms with E-state index in [9.17, 15) is 14.4 Å². The Balaban J connectivity index is 1.71. The number of unbranched alkanes of at least 4 members (excludes halogenated alkanes) is 2. The van der Waals surface area contributed by atoms with Gasteiger partial charge in [-0.25, -0.2) is 0 Å². The van der Waals surface area contributed by atoms with Crippen molar-refractivity contribution < 1.29 is 14.4 Å². The van der Waals surface area contributed by atoms with E-state index in [2.05, 4.69) is 35.4 Å². The number of nitrogens with zero attached hydrogens (tertiary/aromatic N) is 2. The van der Waals surface area contributed by atoms with Crippen LogP contribution in [-0.4, -0.2) is 72.5 Å². The molecular formula is C25H40N4O3S. The van der Waals surface area contributed by atoms with Gasteiger partial charge in [-0.3, -0.25) is 19.7 Å². The van der Waals surface area contributed by atoms with Crippen molar-refractivity contribution in [3.63, 3.8) is 0 Å². The summed E-state index contributed by atoms with van der Waals surface area (Å²) in [6, 6.07) is 5.91. The second-order valence-corrected chi connectivity index (χ2v) is 9.61. The summed E-state index contributed by atoms with van der Waals surface area (Å²) in [4.78, 5) is 40.3. The molecule has 1 unspecified atom stereocenters. The molecule has 0 aliphatic carbocycles. The molecule has 1 aromatic carbocycles. The zero-order valence-electron chi connectivity index (χ0n) is 20.4. The van der Waals surface area contributed by atoms with Crippen LogP contribution in [0.4, 0.5) is 0 Å². The summed E-state index contributed by atoms with van der Waals surface area (Å²) in [7, 11) is 0. The molecule has 0 radical (unpaired) electrons. The van der Waals surface area contributed by atoms with Crippen LogP contribution in [0.25, 0.3) is 0 Å². The molecule has 0 bridgehead atoms. The minimum atomic E-state index is -0.309. The van der Waals surface area contributed by atoms with E-state index >= 15 is 0 Å². The molecule has 0 saturated carbocycles. The van der Waals surface area contributed by atoms with Gasteiger partial charge in [0.25, 0.3) is 5.91 Å². The lowest BCUT2D eigenvalue weighted by molar-refractivity contribution is -0.125. The molecular weight excluding hydrogens is 436 g/mol. The van der Waals surface area contributed by atoms with Gasteiger partial charge in [-0.15, -0.1) is 11.8 Å². The predicted molar refractivity (Wildman–Crippen MR) is 134 cm³/mol. The number of imide groups is 1. The van der Waals surface area contributed by atoms with E-state index < -0.39 is 0 Å². The SMILES string of the molecule is CCN(CC)CCNCCCCCSc1cccc2c1CN(C(C)CCC(=O)NC=O)C2=O. The minimum absolute atomic E-state index is 0.0338. The fourth-order valence-corrected chi connectivity index (χ4v) is 5.16. The van der Waals surface area contributed by atoms with Crippen LogP contribution < -0.4 is 10.6 Å². The van der Waals surface area contributed by atoms with Crippen molar-refractivity contribution in [2.24, 2.45) is 0 Å². The Hall–Kier alpha value is -1.90. The summed E-state index contributed by atoms with van der Waals surface area (Å²) in [6.07, 6.45) is 4.71. The van der Waals surface area contributed by atoms with Gasteiger partial charge in [0.15, 0.2) is 0 Å². The molecule has 0 saturated heterocycles. The average Bonchev–Trinajstić information content (AvgIpc) is 3.16. The summed E-state index contributed by atoms with van der Waals surface area (Å²) in [5, 5.41) is 5.69. The number of amides is 3. The van der Waals surface area contributed by atoms with Gasteiger partial charge in [-0.2, -0.15) is 0 Å². The number of thioether (sulfide) groups is 1. The summed E-state index contributed by atoms with van der Waals surface area (Å²) in [5.41, 5.74) is 1.89. The molecule has 7 nitrogen and oxygen atoms in total. The van der Waals surface area contributed by atoms with Crippen molar-refractivity contribution in [2.75, 3.05) is 38.5 Å². The highest BCUT2D eigenvalue weighted by Gasteiger charge is 2.32. The monoisotopic (exact) mass is 476 g/mol. The van der Waals surface area contributed by atoms with Crippen LogP contribution in [0.1, 0.15) is 68.8 Å². The first-order chi connectivity index (χ1) is 16.0. The molecule has 184 valence electrons. The Morgan fingerprint density at radius 2 is 2.00 bits per heavy atom. The minimum Gasteiger partial charge on any atom is -0.332 e. The lowest BCUT2D eigenvalue weighted by Crippen LogP contribution is -2.34. The van der Waals surface area contributed by atoms with Crippen molar-refractivity contribution in [1.29, 1.82) is 0 Å². The normalized spacial score (nSPS) is 13.9. The highest BCUT2D eigenvalue weighted by atomic mass is 32.2. The van der Waals surface area contributed by atoms with Gasteiger partial charge in [0.1, 0.15) is 0 Å². The van der Waals surface area contributed by atoms with E-state index in [4.69, 9.17) is 0 Å². The van der Waals surface area contributed by atoms with Crippen LogP contribution in [0, 0.1) is 0 Å². The second-order valence-electron chi connectivity index (χ2n) is 8.47. The van der Waals surface area contributed by atoms with Gasteiger partial charge in [0, 0.05) is 42.6 Å². The first kappa shape index (κ1) is 27.3. The number of likely N-dealkylation sites (N-methyl/N-ethyl adjacent to an activating group) is 1. The molecule has 2 N–H and O–H groups in total.